The van der Waals surface area contributed by atoms with Crippen LogP contribution in [0.25, 0.3) is 0 Å². The molecule has 5 heteroatoms. The van der Waals surface area contributed by atoms with Gasteiger partial charge in [0.05, 0.1) is 5.02 Å². The Balaban J connectivity index is 1.72. The second kappa shape index (κ2) is 6.31. The summed E-state index contributed by atoms with van der Waals surface area (Å²) >= 11 is 9.44. The zero-order valence-electron chi connectivity index (χ0n) is 12.1. The molecule has 2 aromatic rings. The third-order valence-electron chi connectivity index (χ3n) is 3.72. The van der Waals surface area contributed by atoms with Gasteiger partial charge in [0.2, 0.25) is 0 Å². The lowest BCUT2D eigenvalue weighted by Crippen LogP contribution is -2.39. The third kappa shape index (κ3) is 2.99. The van der Waals surface area contributed by atoms with Gasteiger partial charge in [0, 0.05) is 16.2 Å². The summed E-state index contributed by atoms with van der Waals surface area (Å²) in [5, 5.41) is 0.483. The summed E-state index contributed by atoms with van der Waals surface area (Å²) in [5.74, 6) is 0.454. The number of rotatable bonds is 3. The van der Waals surface area contributed by atoms with E-state index in [4.69, 9.17) is 16.3 Å². The molecule has 0 aliphatic carbocycles. The summed E-state index contributed by atoms with van der Waals surface area (Å²) in [6.45, 7) is 2.02. The summed E-state index contributed by atoms with van der Waals surface area (Å²) in [6, 6.07) is 13.5. The fourth-order valence-corrected chi connectivity index (χ4v) is 3.47. The van der Waals surface area contributed by atoms with Crippen LogP contribution < -0.4 is 9.64 Å². The zero-order chi connectivity index (χ0) is 15.7. The average Bonchev–Trinajstić information content (AvgIpc) is 2.82. The minimum absolute atomic E-state index is 0.0278. The zero-order valence-corrected chi connectivity index (χ0v) is 14.4. The summed E-state index contributed by atoms with van der Waals surface area (Å²) in [6.07, 6.45) is 0.876. The van der Waals surface area contributed by atoms with Crippen molar-refractivity contribution in [1.29, 1.82) is 0 Å². The molecule has 1 aliphatic heterocycles. The van der Waals surface area contributed by atoms with Gasteiger partial charge in [-0.1, -0.05) is 45.7 Å². The summed E-state index contributed by atoms with van der Waals surface area (Å²) in [4.78, 5) is 14.3. The van der Waals surface area contributed by atoms with Gasteiger partial charge in [-0.05, 0) is 43.2 Å². The molecule has 2 aromatic carbocycles. The van der Waals surface area contributed by atoms with Crippen molar-refractivity contribution in [2.75, 3.05) is 11.5 Å². The van der Waals surface area contributed by atoms with E-state index in [9.17, 15) is 4.79 Å². The van der Waals surface area contributed by atoms with Crippen molar-refractivity contribution in [3.8, 4) is 5.75 Å². The molecular weight excluding hydrogens is 366 g/mol. The third-order valence-corrected chi connectivity index (χ3v) is 4.51. The van der Waals surface area contributed by atoms with Gasteiger partial charge in [0.25, 0.3) is 5.91 Å². The van der Waals surface area contributed by atoms with Crippen molar-refractivity contribution in [3.63, 3.8) is 0 Å². The number of hydrogen-bond donors (Lipinski definition) is 0. The second-order valence-electron chi connectivity index (χ2n) is 5.31. The molecule has 1 amide bonds. The van der Waals surface area contributed by atoms with E-state index in [1.165, 1.54) is 5.56 Å². The highest BCUT2D eigenvalue weighted by molar-refractivity contribution is 9.10. The Kier molecular flexibility index (Phi) is 4.41. The van der Waals surface area contributed by atoms with Gasteiger partial charge >= 0.3 is 0 Å². The molecule has 1 atom stereocenters. The van der Waals surface area contributed by atoms with Gasteiger partial charge in [-0.15, -0.1) is 0 Å². The fraction of sp³-hybridized carbons (Fsp3) is 0.235. The molecule has 0 fully saturated rings. The van der Waals surface area contributed by atoms with Crippen LogP contribution in [0.3, 0.4) is 0 Å². The van der Waals surface area contributed by atoms with E-state index in [2.05, 4.69) is 22.0 Å². The molecule has 1 aliphatic rings. The number of amides is 1. The van der Waals surface area contributed by atoms with E-state index >= 15 is 0 Å². The molecule has 0 saturated heterocycles. The predicted molar refractivity (Wildman–Crippen MR) is 91.7 cm³/mol. The van der Waals surface area contributed by atoms with Gasteiger partial charge in [0.1, 0.15) is 5.75 Å². The van der Waals surface area contributed by atoms with Gasteiger partial charge in [-0.25, -0.2) is 0 Å². The molecule has 0 unspecified atom stereocenters. The average molecular weight is 381 g/mol. The Morgan fingerprint density at radius 2 is 2.14 bits per heavy atom. The van der Waals surface area contributed by atoms with Gasteiger partial charge in [0.15, 0.2) is 6.61 Å². The molecule has 0 radical (unpaired) electrons. The molecule has 0 saturated carbocycles. The number of ether oxygens (including phenoxy) is 1. The van der Waals surface area contributed by atoms with Crippen molar-refractivity contribution in [2.45, 2.75) is 19.4 Å². The molecule has 22 heavy (non-hydrogen) atoms. The molecule has 0 bridgehead atoms. The van der Waals surface area contributed by atoms with Gasteiger partial charge < -0.3 is 9.64 Å². The number of halogens is 2. The Hall–Kier alpha value is -1.52. The highest BCUT2D eigenvalue weighted by Gasteiger charge is 2.30. The highest BCUT2D eigenvalue weighted by atomic mass is 79.9. The fourth-order valence-electron chi connectivity index (χ4n) is 2.75. The van der Waals surface area contributed by atoms with Crippen LogP contribution in [0.5, 0.6) is 5.75 Å². The largest absolute Gasteiger partial charge is 0.482 e. The van der Waals surface area contributed by atoms with Crippen molar-refractivity contribution in [3.05, 3.63) is 57.5 Å². The van der Waals surface area contributed by atoms with E-state index in [1.807, 2.05) is 36.1 Å². The van der Waals surface area contributed by atoms with Crippen LogP contribution in [0.15, 0.2) is 46.9 Å². The van der Waals surface area contributed by atoms with Crippen LogP contribution in [-0.4, -0.2) is 18.6 Å². The normalized spacial score (nSPS) is 16.5. The van der Waals surface area contributed by atoms with Crippen molar-refractivity contribution in [2.24, 2.45) is 0 Å². The Labute approximate surface area is 143 Å². The topological polar surface area (TPSA) is 29.5 Å². The lowest BCUT2D eigenvalue weighted by atomic mass is 10.1. The summed E-state index contributed by atoms with van der Waals surface area (Å²) in [7, 11) is 0. The van der Waals surface area contributed by atoms with E-state index in [0.29, 0.717) is 10.8 Å². The number of carbonyl (C=O) groups is 1. The van der Waals surface area contributed by atoms with E-state index in [1.54, 1.807) is 12.1 Å². The number of para-hydroxylation sites is 1. The van der Waals surface area contributed by atoms with E-state index in [0.717, 1.165) is 16.6 Å². The first-order valence-corrected chi connectivity index (χ1v) is 8.21. The maximum absolute atomic E-state index is 12.5. The Morgan fingerprint density at radius 1 is 1.36 bits per heavy atom. The monoisotopic (exact) mass is 379 g/mol. The number of fused-ring (bicyclic) bond motifs is 1. The number of nitrogens with zero attached hydrogens (tertiary/aromatic N) is 1. The number of hydrogen-bond acceptors (Lipinski definition) is 2. The maximum atomic E-state index is 12.5. The SMILES string of the molecule is C[C@H]1Cc2ccccc2N1C(=O)COc1ccc(Br)cc1Cl. The molecule has 114 valence electrons. The second-order valence-corrected chi connectivity index (χ2v) is 6.63. The quantitative estimate of drug-likeness (QED) is 0.787. The molecule has 0 spiro atoms. The van der Waals surface area contributed by atoms with Crippen LogP contribution >= 0.6 is 27.5 Å². The first-order chi connectivity index (χ1) is 10.6. The first kappa shape index (κ1) is 15.4. The predicted octanol–water partition coefficient (Wildman–Crippen LogP) is 4.46. The van der Waals surface area contributed by atoms with Gasteiger partial charge in [-0.2, -0.15) is 0 Å². The number of carbonyl (C=O) groups excluding carboxylic acids is 1. The number of anilines is 1. The minimum Gasteiger partial charge on any atom is -0.482 e. The van der Waals surface area contributed by atoms with Crippen LogP contribution in [0.1, 0.15) is 12.5 Å². The maximum Gasteiger partial charge on any atom is 0.265 e. The first-order valence-electron chi connectivity index (χ1n) is 7.04. The van der Waals surface area contributed by atoms with Crippen molar-refractivity contribution in [1.82, 2.24) is 0 Å². The van der Waals surface area contributed by atoms with Gasteiger partial charge in [-0.3, -0.25) is 4.79 Å². The molecule has 3 rings (SSSR count). The molecule has 1 heterocycles. The number of benzene rings is 2. The van der Waals surface area contributed by atoms with Crippen molar-refractivity contribution < 1.29 is 9.53 Å². The Morgan fingerprint density at radius 3 is 2.91 bits per heavy atom. The summed E-state index contributed by atoms with van der Waals surface area (Å²) in [5.41, 5.74) is 2.18. The van der Waals surface area contributed by atoms with Crippen LogP contribution in [-0.2, 0) is 11.2 Å². The standard InChI is InChI=1S/C17H15BrClNO2/c1-11-8-12-4-2-3-5-15(12)20(11)17(21)10-22-16-7-6-13(18)9-14(16)19/h2-7,9,11H,8,10H2,1H3/t11-/m0/s1. The van der Waals surface area contributed by atoms with Crippen LogP contribution in [0.2, 0.25) is 5.02 Å². The Bertz CT molecular complexity index is 720. The molecule has 3 nitrogen and oxygen atoms in total. The molecule has 0 N–H and O–H groups in total. The molecular formula is C17H15BrClNO2. The van der Waals surface area contributed by atoms with E-state index < -0.39 is 0 Å². The van der Waals surface area contributed by atoms with E-state index in [-0.39, 0.29) is 18.6 Å². The molecule has 0 aromatic heterocycles. The van der Waals surface area contributed by atoms with Crippen LogP contribution in [0.4, 0.5) is 5.69 Å². The lowest BCUT2D eigenvalue weighted by Gasteiger charge is -2.22. The highest BCUT2D eigenvalue weighted by Crippen LogP contribution is 2.32. The summed E-state index contributed by atoms with van der Waals surface area (Å²) < 4.78 is 6.46. The van der Waals surface area contributed by atoms with Crippen molar-refractivity contribution >= 4 is 39.1 Å². The minimum atomic E-state index is -0.0589. The lowest BCUT2D eigenvalue weighted by molar-refractivity contribution is -0.120. The smallest absolute Gasteiger partial charge is 0.265 e. The van der Waals surface area contributed by atoms with Crippen LogP contribution in [0, 0.1) is 0 Å².